The van der Waals surface area contributed by atoms with E-state index < -0.39 is 0 Å². The highest BCUT2D eigenvalue weighted by Crippen LogP contribution is 2.27. The van der Waals surface area contributed by atoms with Crippen molar-refractivity contribution < 1.29 is 13.9 Å². The molecule has 4 heteroatoms. The summed E-state index contributed by atoms with van der Waals surface area (Å²) in [6.45, 7) is 7.29. The quantitative estimate of drug-likeness (QED) is 0.832. The van der Waals surface area contributed by atoms with Crippen LogP contribution in [0, 0.1) is 11.7 Å². The zero-order chi connectivity index (χ0) is 14.4. The van der Waals surface area contributed by atoms with E-state index in [-0.39, 0.29) is 11.9 Å². The third-order valence-electron chi connectivity index (χ3n) is 3.64. The second-order valence-corrected chi connectivity index (χ2v) is 5.40. The first kappa shape index (κ1) is 15.3. The molecule has 1 aromatic rings. The minimum absolute atomic E-state index is 0.158. The molecule has 0 bridgehead atoms. The lowest BCUT2D eigenvalue weighted by atomic mass is 10.1. The van der Waals surface area contributed by atoms with Gasteiger partial charge in [-0.05, 0) is 32.4 Å². The van der Waals surface area contributed by atoms with E-state index in [9.17, 15) is 4.39 Å². The van der Waals surface area contributed by atoms with Crippen LogP contribution < -0.4 is 10.1 Å². The normalized spacial score (nSPS) is 20.1. The minimum Gasteiger partial charge on any atom is -0.493 e. The molecule has 1 aliphatic rings. The summed E-state index contributed by atoms with van der Waals surface area (Å²) in [7, 11) is 0. The van der Waals surface area contributed by atoms with Crippen LogP contribution in [0.15, 0.2) is 18.2 Å². The van der Waals surface area contributed by atoms with Crippen molar-refractivity contribution in [3.8, 4) is 5.75 Å². The lowest BCUT2D eigenvalue weighted by Gasteiger charge is -2.19. The fraction of sp³-hybridized carbons (Fsp3) is 0.625. The number of nitrogens with one attached hydrogen (secondary N) is 1. The average molecular weight is 281 g/mol. The molecule has 2 unspecified atom stereocenters. The SMILES string of the molecule is CCCNC(C)c1ccc(F)cc1OCC1CCOC1. The average Bonchev–Trinajstić information content (AvgIpc) is 2.96. The third kappa shape index (κ3) is 4.18. The third-order valence-corrected chi connectivity index (χ3v) is 3.64. The molecule has 1 N–H and O–H groups in total. The molecule has 0 aromatic heterocycles. The predicted molar refractivity (Wildman–Crippen MR) is 77.5 cm³/mol. The Morgan fingerprint density at radius 3 is 3.05 bits per heavy atom. The maximum atomic E-state index is 13.4. The molecule has 1 saturated heterocycles. The fourth-order valence-electron chi connectivity index (χ4n) is 2.38. The van der Waals surface area contributed by atoms with Gasteiger partial charge in [0.2, 0.25) is 0 Å². The lowest BCUT2D eigenvalue weighted by Crippen LogP contribution is -2.21. The highest BCUT2D eigenvalue weighted by Gasteiger charge is 2.18. The highest BCUT2D eigenvalue weighted by atomic mass is 19.1. The molecule has 0 aliphatic carbocycles. The number of benzene rings is 1. The molecule has 1 fully saturated rings. The molecule has 0 radical (unpaired) electrons. The van der Waals surface area contributed by atoms with E-state index in [1.54, 1.807) is 0 Å². The van der Waals surface area contributed by atoms with Crippen LogP contribution in [0.5, 0.6) is 5.75 Å². The smallest absolute Gasteiger partial charge is 0.126 e. The van der Waals surface area contributed by atoms with E-state index in [4.69, 9.17) is 9.47 Å². The van der Waals surface area contributed by atoms with Crippen molar-refractivity contribution >= 4 is 0 Å². The maximum absolute atomic E-state index is 13.4. The summed E-state index contributed by atoms with van der Waals surface area (Å²) >= 11 is 0. The van der Waals surface area contributed by atoms with E-state index in [0.29, 0.717) is 18.3 Å². The second-order valence-electron chi connectivity index (χ2n) is 5.40. The van der Waals surface area contributed by atoms with Crippen LogP contribution in [0.2, 0.25) is 0 Å². The summed E-state index contributed by atoms with van der Waals surface area (Å²) in [4.78, 5) is 0. The van der Waals surface area contributed by atoms with Crippen LogP contribution in [0.4, 0.5) is 4.39 Å². The molecular weight excluding hydrogens is 257 g/mol. The molecule has 3 nitrogen and oxygen atoms in total. The van der Waals surface area contributed by atoms with Gasteiger partial charge in [0.1, 0.15) is 11.6 Å². The maximum Gasteiger partial charge on any atom is 0.126 e. The Hall–Kier alpha value is -1.13. The van der Waals surface area contributed by atoms with Crippen LogP contribution in [-0.2, 0) is 4.74 Å². The summed E-state index contributed by atoms with van der Waals surface area (Å²) in [5.41, 5.74) is 1.01. The molecular formula is C16H24FNO2. The van der Waals surface area contributed by atoms with Crippen molar-refractivity contribution in [2.45, 2.75) is 32.7 Å². The van der Waals surface area contributed by atoms with Gasteiger partial charge in [-0.3, -0.25) is 0 Å². The van der Waals surface area contributed by atoms with Gasteiger partial charge >= 0.3 is 0 Å². The number of hydrogen-bond donors (Lipinski definition) is 1. The topological polar surface area (TPSA) is 30.5 Å². The summed E-state index contributed by atoms with van der Waals surface area (Å²) in [6, 6.07) is 4.94. The van der Waals surface area contributed by atoms with Crippen molar-refractivity contribution in [1.82, 2.24) is 5.32 Å². The molecule has 2 atom stereocenters. The van der Waals surface area contributed by atoms with Crippen LogP contribution in [-0.4, -0.2) is 26.4 Å². The molecule has 0 saturated carbocycles. The van der Waals surface area contributed by atoms with Crippen molar-refractivity contribution in [3.63, 3.8) is 0 Å². The van der Waals surface area contributed by atoms with Crippen LogP contribution in [0.1, 0.15) is 38.3 Å². The van der Waals surface area contributed by atoms with Crippen molar-refractivity contribution in [2.75, 3.05) is 26.4 Å². The summed E-state index contributed by atoms with van der Waals surface area (Å²) in [5, 5.41) is 3.41. The van der Waals surface area contributed by atoms with Crippen molar-refractivity contribution in [2.24, 2.45) is 5.92 Å². The predicted octanol–water partition coefficient (Wildman–Crippen LogP) is 3.30. The molecule has 0 spiro atoms. The molecule has 1 heterocycles. The first-order chi connectivity index (χ1) is 9.70. The molecule has 1 aromatic carbocycles. The van der Waals surface area contributed by atoms with E-state index in [1.165, 1.54) is 12.1 Å². The Morgan fingerprint density at radius 1 is 1.50 bits per heavy atom. The van der Waals surface area contributed by atoms with Crippen molar-refractivity contribution in [1.29, 1.82) is 0 Å². The molecule has 2 rings (SSSR count). The second kappa shape index (κ2) is 7.60. The van der Waals surface area contributed by atoms with Gasteiger partial charge < -0.3 is 14.8 Å². The number of ether oxygens (including phenoxy) is 2. The van der Waals surface area contributed by atoms with Gasteiger partial charge in [0.05, 0.1) is 13.2 Å². The van der Waals surface area contributed by atoms with Crippen LogP contribution in [0.3, 0.4) is 0 Å². The van der Waals surface area contributed by atoms with E-state index >= 15 is 0 Å². The standard InChI is InChI=1S/C16H24FNO2/c1-3-7-18-12(2)15-5-4-14(17)9-16(15)20-11-13-6-8-19-10-13/h4-5,9,12-13,18H,3,6-8,10-11H2,1-2H3. The number of hydrogen-bond acceptors (Lipinski definition) is 3. The molecule has 1 aliphatic heterocycles. The Bertz CT molecular complexity index is 419. The molecule has 0 amide bonds. The Balaban J connectivity index is 2.02. The van der Waals surface area contributed by atoms with Crippen molar-refractivity contribution in [3.05, 3.63) is 29.6 Å². The largest absolute Gasteiger partial charge is 0.493 e. The molecule has 20 heavy (non-hydrogen) atoms. The van der Waals surface area contributed by atoms with E-state index in [0.717, 1.165) is 38.2 Å². The zero-order valence-corrected chi connectivity index (χ0v) is 12.3. The van der Waals surface area contributed by atoms with Gasteiger partial charge in [-0.15, -0.1) is 0 Å². The Labute approximate surface area is 120 Å². The van der Waals surface area contributed by atoms with Crippen LogP contribution >= 0.6 is 0 Å². The fourth-order valence-corrected chi connectivity index (χ4v) is 2.38. The van der Waals surface area contributed by atoms with E-state index in [2.05, 4.69) is 19.2 Å². The molecule has 112 valence electrons. The van der Waals surface area contributed by atoms with Gasteiger partial charge in [0, 0.05) is 30.2 Å². The van der Waals surface area contributed by atoms with Crippen LogP contribution in [0.25, 0.3) is 0 Å². The Kier molecular flexibility index (Phi) is 5.80. The van der Waals surface area contributed by atoms with Gasteiger partial charge in [-0.2, -0.15) is 0 Å². The Morgan fingerprint density at radius 2 is 2.35 bits per heavy atom. The van der Waals surface area contributed by atoms with Gasteiger partial charge in [0.15, 0.2) is 0 Å². The lowest BCUT2D eigenvalue weighted by molar-refractivity contribution is 0.166. The number of halogens is 1. The van der Waals surface area contributed by atoms with E-state index in [1.807, 2.05) is 6.07 Å². The summed E-state index contributed by atoms with van der Waals surface area (Å²) in [5.74, 6) is 0.812. The summed E-state index contributed by atoms with van der Waals surface area (Å²) < 4.78 is 24.6. The number of rotatable bonds is 7. The van der Waals surface area contributed by atoms with Gasteiger partial charge in [0.25, 0.3) is 0 Å². The van der Waals surface area contributed by atoms with Gasteiger partial charge in [-0.1, -0.05) is 13.0 Å². The summed E-state index contributed by atoms with van der Waals surface area (Å²) in [6.07, 6.45) is 2.09. The first-order valence-corrected chi connectivity index (χ1v) is 7.44. The van der Waals surface area contributed by atoms with Gasteiger partial charge in [-0.25, -0.2) is 4.39 Å². The monoisotopic (exact) mass is 281 g/mol. The first-order valence-electron chi connectivity index (χ1n) is 7.44. The zero-order valence-electron chi connectivity index (χ0n) is 12.3. The minimum atomic E-state index is -0.255. The highest BCUT2D eigenvalue weighted by molar-refractivity contribution is 5.36.